The second kappa shape index (κ2) is 15.0. The molecular formula is C34H36FN3O4S2. The second-order valence-corrected chi connectivity index (χ2v) is 13.0. The number of hydrogen-bond acceptors (Lipinski definition) is 5. The first-order valence-electron chi connectivity index (χ1n) is 14.2. The molecule has 4 rings (SSSR count). The van der Waals surface area contributed by atoms with Crippen molar-refractivity contribution in [3.8, 4) is 0 Å². The summed E-state index contributed by atoms with van der Waals surface area (Å²) in [6.45, 7) is 3.44. The van der Waals surface area contributed by atoms with Crippen LogP contribution < -0.4 is 9.62 Å². The van der Waals surface area contributed by atoms with E-state index in [0.717, 1.165) is 20.3 Å². The molecule has 2 amide bonds. The van der Waals surface area contributed by atoms with Crippen LogP contribution in [0.15, 0.2) is 113 Å². The van der Waals surface area contributed by atoms with Gasteiger partial charge in [-0.3, -0.25) is 13.9 Å². The lowest BCUT2D eigenvalue weighted by Crippen LogP contribution is -2.53. The smallest absolute Gasteiger partial charge is 0.264 e. The minimum absolute atomic E-state index is 0.0298. The largest absolute Gasteiger partial charge is 0.355 e. The highest BCUT2D eigenvalue weighted by Gasteiger charge is 2.34. The number of sulfonamides is 1. The number of hydrogen-bond donors (Lipinski definition) is 1. The zero-order chi connectivity index (χ0) is 31.7. The summed E-state index contributed by atoms with van der Waals surface area (Å²) in [5, 5.41) is 2.83. The van der Waals surface area contributed by atoms with E-state index in [0.29, 0.717) is 17.8 Å². The third-order valence-corrected chi connectivity index (χ3v) is 9.67. The molecule has 44 heavy (non-hydrogen) atoms. The van der Waals surface area contributed by atoms with Gasteiger partial charge in [0.2, 0.25) is 11.8 Å². The van der Waals surface area contributed by atoms with Crippen LogP contribution >= 0.6 is 11.8 Å². The number of thioether (sulfide) groups is 1. The Hall–Kier alpha value is -4.15. The quantitative estimate of drug-likeness (QED) is 0.187. The van der Waals surface area contributed by atoms with Gasteiger partial charge in [0.15, 0.2) is 0 Å². The SMILES string of the molecule is CCNC(=O)[C@H](Cc1ccccc1)N(Cc1ccc(F)cc1)C(=O)CN(c1ccc(C)cc1)S(=O)(=O)c1ccc(SC)cc1. The van der Waals surface area contributed by atoms with Crippen molar-refractivity contribution in [2.45, 2.75) is 42.6 Å². The van der Waals surface area contributed by atoms with Crippen molar-refractivity contribution in [3.05, 3.63) is 126 Å². The van der Waals surface area contributed by atoms with Gasteiger partial charge in [-0.05, 0) is 79.8 Å². The molecule has 0 saturated heterocycles. The molecule has 0 radical (unpaired) electrons. The Morgan fingerprint density at radius 2 is 1.50 bits per heavy atom. The number of aryl methyl sites for hydroxylation is 1. The standard InChI is InChI=1S/C34H36FN3O4S2/c1-4-36-34(40)32(22-26-8-6-5-7-9-26)37(23-27-12-14-28(35)15-13-27)33(39)24-38(29-16-10-25(2)11-17-29)44(41,42)31-20-18-30(43-3)19-21-31/h5-21,32H,4,22-24H2,1-3H3,(H,36,40)/t32-/m0/s1. The fourth-order valence-electron chi connectivity index (χ4n) is 4.75. The van der Waals surface area contributed by atoms with Crippen LogP contribution in [0.5, 0.6) is 0 Å². The molecule has 0 aliphatic carbocycles. The van der Waals surface area contributed by atoms with Crippen LogP contribution in [0, 0.1) is 12.7 Å². The molecule has 1 N–H and O–H groups in total. The lowest BCUT2D eigenvalue weighted by Gasteiger charge is -2.34. The highest BCUT2D eigenvalue weighted by Crippen LogP contribution is 2.27. The normalized spacial score (nSPS) is 11.9. The van der Waals surface area contributed by atoms with E-state index in [4.69, 9.17) is 0 Å². The Morgan fingerprint density at radius 3 is 2.09 bits per heavy atom. The van der Waals surface area contributed by atoms with Crippen LogP contribution in [0.25, 0.3) is 0 Å². The lowest BCUT2D eigenvalue weighted by molar-refractivity contribution is -0.140. The summed E-state index contributed by atoms with van der Waals surface area (Å²) in [4.78, 5) is 30.2. The highest BCUT2D eigenvalue weighted by atomic mass is 32.2. The topological polar surface area (TPSA) is 86.8 Å². The van der Waals surface area contributed by atoms with Crippen LogP contribution in [0.1, 0.15) is 23.6 Å². The van der Waals surface area contributed by atoms with Crippen LogP contribution in [0.2, 0.25) is 0 Å². The van der Waals surface area contributed by atoms with E-state index >= 15 is 0 Å². The number of carbonyl (C=O) groups is 2. The molecule has 230 valence electrons. The van der Waals surface area contributed by atoms with Gasteiger partial charge in [0.1, 0.15) is 18.4 Å². The van der Waals surface area contributed by atoms with Crippen molar-refractivity contribution in [2.75, 3.05) is 23.7 Å². The number of nitrogens with zero attached hydrogens (tertiary/aromatic N) is 2. The second-order valence-electron chi connectivity index (χ2n) is 10.3. The Bertz CT molecular complexity index is 1650. The number of anilines is 1. The zero-order valence-electron chi connectivity index (χ0n) is 24.9. The van der Waals surface area contributed by atoms with E-state index in [-0.39, 0.29) is 23.8 Å². The van der Waals surface area contributed by atoms with E-state index in [1.165, 1.54) is 40.9 Å². The van der Waals surface area contributed by atoms with Crippen molar-refractivity contribution < 1.29 is 22.4 Å². The summed E-state index contributed by atoms with van der Waals surface area (Å²) >= 11 is 1.49. The zero-order valence-corrected chi connectivity index (χ0v) is 26.6. The molecule has 0 aliphatic heterocycles. The summed E-state index contributed by atoms with van der Waals surface area (Å²) in [6.07, 6.45) is 2.10. The van der Waals surface area contributed by atoms with Crippen molar-refractivity contribution in [1.82, 2.24) is 10.2 Å². The highest BCUT2D eigenvalue weighted by molar-refractivity contribution is 7.98. The number of likely N-dealkylation sites (N-methyl/N-ethyl adjacent to an activating group) is 1. The average Bonchev–Trinajstić information content (AvgIpc) is 3.03. The van der Waals surface area contributed by atoms with Gasteiger partial charge in [-0.2, -0.15) is 0 Å². The molecule has 7 nitrogen and oxygen atoms in total. The third-order valence-electron chi connectivity index (χ3n) is 7.14. The predicted molar refractivity (Wildman–Crippen MR) is 174 cm³/mol. The molecule has 0 spiro atoms. The molecule has 0 bridgehead atoms. The maximum Gasteiger partial charge on any atom is 0.264 e. The first-order valence-corrected chi connectivity index (χ1v) is 16.9. The Morgan fingerprint density at radius 1 is 0.864 bits per heavy atom. The maximum atomic E-state index is 14.3. The fraction of sp³-hybridized carbons (Fsp3) is 0.235. The van der Waals surface area contributed by atoms with Crippen LogP contribution in [0.3, 0.4) is 0 Å². The summed E-state index contributed by atoms with van der Waals surface area (Å²) in [5.74, 6) is -1.38. The molecule has 0 heterocycles. The van der Waals surface area contributed by atoms with E-state index < -0.39 is 34.3 Å². The van der Waals surface area contributed by atoms with Gasteiger partial charge in [0, 0.05) is 24.4 Å². The summed E-state index contributed by atoms with van der Waals surface area (Å²) < 4.78 is 43.0. The summed E-state index contributed by atoms with van der Waals surface area (Å²) in [6, 6.07) is 27.4. The molecule has 0 aromatic heterocycles. The van der Waals surface area contributed by atoms with E-state index in [9.17, 15) is 22.4 Å². The van der Waals surface area contributed by atoms with Crippen LogP contribution in [-0.2, 0) is 32.6 Å². The van der Waals surface area contributed by atoms with Crippen molar-refractivity contribution in [1.29, 1.82) is 0 Å². The van der Waals surface area contributed by atoms with Gasteiger partial charge in [0.25, 0.3) is 10.0 Å². The summed E-state index contributed by atoms with van der Waals surface area (Å²) in [7, 11) is -4.19. The number of benzene rings is 4. The van der Waals surface area contributed by atoms with E-state index in [2.05, 4.69) is 5.32 Å². The number of halogens is 1. The third kappa shape index (κ3) is 8.27. The van der Waals surface area contributed by atoms with E-state index in [1.807, 2.05) is 43.5 Å². The molecule has 0 fully saturated rings. The lowest BCUT2D eigenvalue weighted by atomic mass is 10.0. The number of rotatable bonds is 13. The van der Waals surface area contributed by atoms with Crippen LogP contribution in [-0.4, -0.2) is 50.5 Å². The van der Waals surface area contributed by atoms with Gasteiger partial charge in [0.05, 0.1) is 10.6 Å². The Kier molecular flexibility index (Phi) is 11.2. The van der Waals surface area contributed by atoms with Gasteiger partial charge in [-0.15, -0.1) is 11.8 Å². The monoisotopic (exact) mass is 633 g/mol. The number of amides is 2. The van der Waals surface area contributed by atoms with Crippen molar-refractivity contribution >= 4 is 39.3 Å². The minimum Gasteiger partial charge on any atom is -0.355 e. The molecule has 0 unspecified atom stereocenters. The average molecular weight is 634 g/mol. The molecule has 0 saturated carbocycles. The molecule has 1 atom stereocenters. The first kappa shape index (κ1) is 32.8. The molecule has 4 aromatic carbocycles. The Balaban J connectivity index is 1.78. The number of carbonyl (C=O) groups excluding carboxylic acids is 2. The van der Waals surface area contributed by atoms with Gasteiger partial charge in [-0.1, -0.05) is 60.2 Å². The minimum atomic E-state index is -4.19. The van der Waals surface area contributed by atoms with E-state index in [1.54, 1.807) is 55.5 Å². The Labute approximate surface area is 263 Å². The number of nitrogens with one attached hydrogen (secondary N) is 1. The molecule has 0 aliphatic rings. The van der Waals surface area contributed by atoms with Gasteiger partial charge in [-0.25, -0.2) is 12.8 Å². The van der Waals surface area contributed by atoms with Crippen molar-refractivity contribution in [3.63, 3.8) is 0 Å². The molecule has 10 heteroatoms. The van der Waals surface area contributed by atoms with Crippen molar-refractivity contribution in [2.24, 2.45) is 0 Å². The predicted octanol–water partition coefficient (Wildman–Crippen LogP) is 5.83. The van der Waals surface area contributed by atoms with Gasteiger partial charge >= 0.3 is 0 Å². The van der Waals surface area contributed by atoms with Crippen LogP contribution in [0.4, 0.5) is 10.1 Å². The fourth-order valence-corrected chi connectivity index (χ4v) is 6.57. The first-order chi connectivity index (χ1) is 21.1. The van der Waals surface area contributed by atoms with Gasteiger partial charge < -0.3 is 10.2 Å². The summed E-state index contributed by atoms with van der Waals surface area (Å²) in [5.41, 5.74) is 2.67. The maximum absolute atomic E-state index is 14.3. The molecule has 4 aromatic rings. The molecular weight excluding hydrogens is 598 g/mol.